The summed E-state index contributed by atoms with van der Waals surface area (Å²) in [5.41, 5.74) is 0. The van der Waals surface area contributed by atoms with Gasteiger partial charge in [-0.05, 0) is 6.92 Å². The topological polar surface area (TPSA) is 46.6 Å². The molecule has 0 amide bonds. The number of rotatable bonds is 1. The highest BCUT2D eigenvalue weighted by Gasteiger charge is 2.23. The summed E-state index contributed by atoms with van der Waals surface area (Å²) in [6.45, 7) is 1.67. The van der Waals surface area contributed by atoms with E-state index in [1.54, 1.807) is 6.92 Å². The molecule has 1 aliphatic heterocycles. The third-order valence-corrected chi connectivity index (χ3v) is 2.41. The maximum atomic E-state index is 10.8. The fraction of sp³-hybridized carbons (Fsp3) is 0.600. The standard InChI is InChI=1S/C5H9NO3S/c1-5-6(3-4-9-5)10(2,7)8/h3-5H,1-2H3. The fourth-order valence-electron chi connectivity index (χ4n) is 0.770. The maximum Gasteiger partial charge on any atom is 0.234 e. The molecule has 1 heterocycles. The molecule has 4 nitrogen and oxygen atoms in total. The Bertz CT molecular complexity index is 244. The summed E-state index contributed by atoms with van der Waals surface area (Å²) in [5, 5.41) is 0. The van der Waals surface area contributed by atoms with Crippen molar-refractivity contribution in [3.05, 3.63) is 12.5 Å². The van der Waals surface area contributed by atoms with Crippen LogP contribution in [0.3, 0.4) is 0 Å². The fourth-order valence-corrected chi connectivity index (χ4v) is 1.63. The smallest absolute Gasteiger partial charge is 0.234 e. The van der Waals surface area contributed by atoms with E-state index in [0.29, 0.717) is 0 Å². The molecule has 5 heteroatoms. The average Bonchev–Trinajstić information content (AvgIpc) is 2.11. The van der Waals surface area contributed by atoms with Gasteiger partial charge < -0.3 is 4.74 Å². The van der Waals surface area contributed by atoms with E-state index in [1.165, 1.54) is 12.5 Å². The van der Waals surface area contributed by atoms with Crippen LogP contribution < -0.4 is 0 Å². The van der Waals surface area contributed by atoms with Gasteiger partial charge in [0.05, 0.1) is 12.5 Å². The highest BCUT2D eigenvalue weighted by atomic mass is 32.2. The first-order chi connectivity index (χ1) is 4.52. The molecular formula is C5H9NO3S. The van der Waals surface area contributed by atoms with E-state index < -0.39 is 16.3 Å². The van der Waals surface area contributed by atoms with Crippen LogP contribution in [0.4, 0.5) is 0 Å². The minimum Gasteiger partial charge on any atom is -0.476 e. The number of ether oxygens (including phenoxy) is 1. The van der Waals surface area contributed by atoms with Gasteiger partial charge in [-0.3, -0.25) is 0 Å². The molecule has 1 atom stereocenters. The normalized spacial score (nSPS) is 25.0. The molecule has 0 N–H and O–H groups in total. The molecule has 0 spiro atoms. The van der Waals surface area contributed by atoms with Crippen LogP contribution >= 0.6 is 0 Å². The molecule has 0 aromatic carbocycles. The molecule has 1 aliphatic rings. The van der Waals surface area contributed by atoms with E-state index in [9.17, 15) is 8.42 Å². The van der Waals surface area contributed by atoms with Gasteiger partial charge >= 0.3 is 0 Å². The predicted molar refractivity (Wildman–Crippen MR) is 36.4 cm³/mol. The summed E-state index contributed by atoms with van der Waals surface area (Å²) in [7, 11) is -3.13. The first kappa shape index (κ1) is 7.40. The first-order valence-corrected chi connectivity index (χ1v) is 4.67. The second-order valence-corrected chi connectivity index (χ2v) is 4.00. The average molecular weight is 163 g/mol. The molecule has 0 aliphatic carbocycles. The SMILES string of the molecule is CC1OC=CN1S(C)(=O)=O. The van der Waals surface area contributed by atoms with Crippen LogP contribution in [-0.4, -0.2) is 25.2 Å². The lowest BCUT2D eigenvalue weighted by atomic mass is 10.7. The van der Waals surface area contributed by atoms with Crippen molar-refractivity contribution in [2.24, 2.45) is 0 Å². The zero-order valence-electron chi connectivity index (χ0n) is 5.81. The molecule has 0 bridgehead atoms. The zero-order chi connectivity index (χ0) is 7.78. The number of nitrogens with zero attached hydrogens (tertiary/aromatic N) is 1. The third kappa shape index (κ3) is 1.23. The lowest BCUT2D eigenvalue weighted by Gasteiger charge is -2.17. The van der Waals surface area contributed by atoms with E-state index in [1.807, 2.05) is 0 Å². The van der Waals surface area contributed by atoms with Crippen molar-refractivity contribution in [1.82, 2.24) is 4.31 Å². The Labute approximate surface area is 60.1 Å². The Balaban J connectivity index is 2.84. The van der Waals surface area contributed by atoms with Crippen LogP contribution in [0, 0.1) is 0 Å². The van der Waals surface area contributed by atoms with Crippen LogP contribution in [-0.2, 0) is 14.8 Å². The van der Waals surface area contributed by atoms with Crippen molar-refractivity contribution in [3.63, 3.8) is 0 Å². The summed E-state index contributed by atoms with van der Waals surface area (Å²) in [6.07, 6.45) is 3.52. The lowest BCUT2D eigenvalue weighted by molar-refractivity contribution is 0.121. The molecule has 0 fully saturated rings. The number of hydrogen-bond acceptors (Lipinski definition) is 3. The van der Waals surface area contributed by atoms with Crippen molar-refractivity contribution >= 4 is 10.0 Å². The zero-order valence-corrected chi connectivity index (χ0v) is 6.63. The van der Waals surface area contributed by atoms with E-state index in [2.05, 4.69) is 0 Å². The van der Waals surface area contributed by atoms with Crippen LogP contribution in [0.25, 0.3) is 0 Å². The molecule has 10 heavy (non-hydrogen) atoms. The molecule has 0 radical (unpaired) electrons. The van der Waals surface area contributed by atoms with Crippen LogP contribution in [0.2, 0.25) is 0 Å². The predicted octanol–water partition coefficient (Wildman–Crippen LogP) is 0.0954. The second-order valence-electron chi connectivity index (χ2n) is 2.11. The molecule has 58 valence electrons. The number of hydrogen-bond donors (Lipinski definition) is 0. The number of sulfonamides is 1. The van der Waals surface area contributed by atoms with Gasteiger partial charge in [0.15, 0.2) is 6.23 Å². The van der Waals surface area contributed by atoms with Crippen LogP contribution in [0.5, 0.6) is 0 Å². The second kappa shape index (κ2) is 2.16. The van der Waals surface area contributed by atoms with Gasteiger partial charge in [0.25, 0.3) is 0 Å². The molecule has 0 aromatic heterocycles. The van der Waals surface area contributed by atoms with Gasteiger partial charge in [-0.25, -0.2) is 12.7 Å². The minimum absolute atomic E-state index is 0.394. The largest absolute Gasteiger partial charge is 0.476 e. The monoisotopic (exact) mass is 163 g/mol. The lowest BCUT2D eigenvalue weighted by Crippen LogP contribution is -2.30. The van der Waals surface area contributed by atoms with Crippen molar-refractivity contribution in [2.75, 3.05) is 6.26 Å². The summed E-state index contributed by atoms with van der Waals surface area (Å²) in [4.78, 5) is 0. The van der Waals surface area contributed by atoms with Crippen molar-refractivity contribution < 1.29 is 13.2 Å². The first-order valence-electron chi connectivity index (χ1n) is 2.82. The molecule has 1 unspecified atom stereocenters. The van der Waals surface area contributed by atoms with Crippen molar-refractivity contribution in [2.45, 2.75) is 13.2 Å². The van der Waals surface area contributed by atoms with Gasteiger partial charge in [-0.2, -0.15) is 0 Å². The van der Waals surface area contributed by atoms with Gasteiger partial charge in [-0.15, -0.1) is 0 Å². The summed E-state index contributed by atoms with van der Waals surface area (Å²) >= 11 is 0. The Morgan fingerprint density at radius 1 is 1.60 bits per heavy atom. The van der Waals surface area contributed by atoms with Gasteiger partial charge in [0.2, 0.25) is 10.0 Å². The highest BCUT2D eigenvalue weighted by Crippen LogP contribution is 2.13. The molecule has 0 saturated carbocycles. The summed E-state index contributed by atoms with van der Waals surface area (Å²) in [5.74, 6) is 0. The van der Waals surface area contributed by atoms with Crippen molar-refractivity contribution in [3.8, 4) is 0 Å². The maximum absolute atomic E-state index is 10.8. The Morgan fingerprint density at radius 2 is 2.20 bits per heavy atom. The van der Waals surface area contributed by atoms with Gasteiger partial charge in [0, 0.05) is 0 Å². The van der Waals surface area contributed by atoms with Crippen LogP contribution in [0.15, 0.2) is 12.5 Å². The highest BCUT2D eigenvalue weighted by molar-refractivity contribution is 7.88. The van der Waals surface area contributed by atoms with E-state index in [-0.39, 0.29) is 0 Å². The van der Waals surface area contributed by atoms with E-state index in [0.717, 1.165) is 10.6 Å². The van der Waals surface area contributed by atoms with E-state index in [4.69, 9.17) is 4.74 Å². The van der Waals surface area contributed by atoms with E-state index >= 15 is 0 Å². The van der Waals surface area contributed by atoms with Gasteiger partial charge in [-0.1, -0.05) is 0 Å². The third-order valence-electron chi connectivity index (χ3n) is 1.22. The quantitative estimate of drug-likeness (QED) is 0.550. The minimum atomic E-state index is -3.13. The Morgan fingerprint density at radius 3 is 2.40 bits per heavy atom. The summed E-state index contributed by atoms with van der Waals surface area (Å²) < 4.78 is 27.7. The van der Waals surface area contributed by atoms with Crippen molar-refractivity contribution in [1.29, 1.82) is 0 Å². The molecule has 1 rings (SSSR count). The Hall–Kier alpha value is -0.710. The Kier molecular flexibility index (Phi) is 1.60. The summed E-state index contributed by atoms with van der Waals surface area (Å²) in [6, 6.07) is 0. The molecule has 0 aromatic rings. The van der Waals surface area contributed by atoms with Gasteiger partial charge in [0.1, 0.15) is 6.26 Å². The molecular weight excluding hydrogens is 154 g/mol. The molecule has 0 saturated heterocycles. The van der Waals surface area contributed by atoms with Crippen LogP contribution in [0.1, 0.15) is 6.92 Å².